The second-order valence-corrected chi connectivity index (χ2v) is 8.79. The van der Waals surface area contributed by atoms with E-state index in [-0.39, 0.29) is 0 Å². The van der Waals surface area contributed by atoms with E-state index in [4.69, 9.17) is 0 Å². The Balaban J connectivity index is 1.60. The molecule has 2 heterocycles. The lowest BCUT2D eigenvalue weighted by Crippen LogP contribution is -2.38. The number of nitrogens with zero attached hydrogens (tertiary/aromatic N) is 3. The predicted molar refractivity (Wildman–Crippen MR) is 79.1 cm³/mol. The third-order valence-corrected chi connectivity index (χ3v) is 7.76. The first kappa shape index (κ1) is 13.8. The van der Waals surface area contributed by atoms with E-state index in [1.807, 2.05) is 6.92 Å². The van der Waals surface area contributed by atoms with Crippen molar-refractivity contribution in [3.8, 4) is 0 Å². The lowest BCUT2D eigenvalue weighted by Gasteiger charge is -2.45. The molecule has 5 rings (SSSR count). The Kier molecular flexibility index (Phi) is 3.15. The maximum absolute atomic E-state index is 12.8. The summed E-state index contributed by atoms with van der Waals surface area (Å²) in [6.45, 7) is 4.12. The van der Waals surface area contributed by atoms with Crippen LogP contribution in [0.25, 0.3) is 0 Å². The monoisotopic (exact) mass is 309 g/mol. The Labute approximate surface area is 126 Å². The van der Waals surface area contributed by atoms with E-state index < -0.39 is 10.0 Å². The Bertz CT molecular complexity index is 611. The van der Waals surface area contributed by atoms with Crippen LogP contribution >= 0.6 is 0 Å². The highest BCUT2D eigenvalue weighted by molar-refractivity contribution is 7.89. The van der Waals surface area contributed by atoms with Crippen molar-refractivity contribution in [2.75, 3.05) is 13.1 Å². The van der Waals surface area contributed by atoms with E-state index in [0.29, 0.717) is 23.3 Å². The molecule has 0 aromatic carbocycles. The molecule has 0 N–H and O–H groups in total. The fourth-order valence-corrected chi connectivity index (χ4v) is 6.28. The molecule has 2 atom stereocenters. The fraction of sp³-hybridized carbons (Fsp3) is 0.800. The second kappa shape index (κ2) is 4.81. The molecular weight excluding hydrogens is 286 g/mol. The van der Waals surface area contributed by atoms with Crippen molar-refractivity contribution in [1.29, 1.82) is 0 Å². The molecule has 0 radical (unpaired) electrons. The molecule has 0 spiro atoms. The highest BCUT2D eigenvalue weighted by Crippen LogP contribution is 2.52. The van der Waals surface area contributed by atoms with Crippen molar-refractivity contribution in [3.05, 3.63) is 12.4 Å². The van der Waals surface area contributed by atoms with Crippen molar-refractivity contribution < 1.29 is 8.42 Å². The van der Waals surface area contributed by atoms with Gasteiger partial charge in [0, 0.05) is 25.8 Å². The number of rotatable bonds is 3. The average molecular weight is 309 g/mol. The first-order valence-corrected chi connectivity index (χ1v) is 9.56. The third-order valence-electron chi connectivity index (χ3n) is 5.98. The van der Waals surface area contributed by atoms with E-state index in [9.17, 15) is 8.42 Å². The Morgan fingerprint density at radius 3 is 2.19 bits per heavy atom. The van der Waals surface area contributed by atoms with Crippen LogP contribution in [0.5, 0.6) is 0 Å². The number of aromatic nitrogens is 2. The summed E-state index contributed by atoms with van der Waals surface area (Å²) < 4.78 is 29.0. The second-order valence-electron chi connectivity index (χ2n) is 6.86. The van der Waals surface area contributed by atoms with Gasteiger partial charge in [-0.3, -0.25) is 4.68 Å². The van der Waals surface area contributed by atoms with Crippen LogP contribution in [-0.4, -0.2) is 35.6 Å². The summed E-state index contributed by atoms with van der Waals surface area (Å²) in [4.78, 5) is 0.357. The first-order valence-electron chi connectivity index (χ1n) is 8.12. The average Bonchev–Trinajstić information content (AvgIpc) is 3.16. The van der Waals surface area contributed by atoms with Gasteiger partial charge in [-0.05, 0) is 56.3 Å². The summed E-state index contributed by atoms with van der Waals surface area (Å²) in [7, 11) is -3.36. The van der Waals surface area contributed by atoms with Gasteiger partial charge in [0.2, 0.25) is 10.0 Å². The normalized spacial score (nSPS) is 36.0. The summed E-state index contributed by atoms with van der Waals surface area (Å²) in [6.07, 6.45) is 8.41. The molecule has 116 valence electrons. The SMILES string of the molecule is CCn1cc(S(=O)(=O)N2C[C@@H]3C4CCC(CC4)[C@@H]3C2)cn1. The number of aryl methyl sites for hydroxylation is 1. The van der Waals surface area contributed by atoms with E-state index in [1.165, 1.54) is 31.9 Å². The Morgan fingerprint density at radius 2 is 1.71 bits per heavy atom. The Morgan fingerprint density at radius 1 is 1.14 bits per heavy atom. The topological polar surface area (TPSA) is 55.2 Å². The molecule has 1 aliphatic heterocycles. The van der Waals surface area contributed by atoms with Crippen LogP contribution in [0.4, 0.5) is 0 Å². The molecule has 5 nitrogen and oxygen atoms in total. The highest BCUT2D eigenvalue weighted by atomic mass is 32.2. The van der Waals surface area contributed by atoms with Crippen molar-refractivity contribution in [3.63, 3.8) is 0 Å². The molecule has 6 heteroatoms. The van der Waals surface area contributed by atoms with Crippen LogP contribution in [0.15, 0.2) is 17.3 Å². The summed E-state index contributed by atoms with van der Waals surface area (Å²) >= 11 is 0. The van der Waals surface area contributed by atoms with Gasteiger partial charge in [0.05, 0.1) is 6.20 Å². The number of hydrogen-bond acceptors (Lipinski definition) is 3. The summed E-state index contributed by atoms with van der Waals surface area (Å²) in [5, 5.41) is 4.12. The molecular formula is C15H23N3O2S. The molecule has 0 unspecified atom stereocenters. The summed E-state index contributed by atoms with van der Waals surface area (Å²) in [6, 6.07) is 0. The number of fused-ring (bicyclic) bond motifs is 2. The third kappa shape index (κ3) is 2.06. The molecule has 4 aliphatic rings. The van der Waals surface area contributed by atoms with E-state index in [0.717, 1.165) is 24.9 Å². The van der Waals surface area contributed by atoms with Gasteiger partial charge in [-0.15, -0.1) is 0 Å². The van der Waals surface area contributed by atoms with Crippen molar-refractivity contribution in [2.45, 2.75) is 44.0 Å². The van der Waals surface area contributed by atoms with Crippen LogP contribution < -0.4 is 0 Å². The zero-order valence-electron chi connectivity index (χ0n) is 12.5. The van der Waals surface area contributed by atoms with Crippen LogP contribution in [0.2, 0.25) is 0 Å². The smallest absolute Gasteiger partial charge is 0.246 e. The lowest BCUT2D eigenvalue weighted by atomic mass is 9.60. The summed E-state index contributed by atoms with van der Waals surface area (Å²) in [5.74, 6) is 2.74. The summed E-state index contributed by atoms with van der Waals surface area (Å²) in [5.41, 5.74) is 0. The molecule has 1 aromatic rings. The van der Waals surface area contributed by atoms with Gasteiger partial charge < -0.3 is 0 Å². The zero-order valence-corrected chi connectivity index (χ0v) is 13.3. The van der Waals surface area contributed by atoms with Crippen molar-refractivity contribution in [2.24, 2.45) is 23.7 Å². The fourth-order valence-electron chi connectivity index (χ4n) is 4.81. The molecule has 0 amide bonds. The maximum atomic E-state index is 12.8. The van der Waals surface area contributed by atoms with Crippen LogP contribution in [0.1, 0.15) is 32.6 Å². The van der Waals surface area contributed by atoms with Gasteiger partial charge in [0.25, 0.3) is 0 Å². The minimum atomic E-state index is -3.36. The molecule has 1 aromatic heterocycles. The van der Waals surface area contributed by atoms with E-state index in [1.54, 1.807) is 15.2 Å². The minimum Gasteiger partial charge on any atom is -0.272 e. The highest BCUT2D eigenvalue weighted by Gasteiger charge is 2.50. The molecule has 3 saturated carbocycles. The molecule has 4 fully saturated rings. The lowest BCUT2D eigenvalue weighted by molar-refractivity contribution is 0.0577. The molecule has 21 heavy (non-hydrogen) atoms. The van der Waals surface area contributed by atoms with Gasteiger partial charge in [-0.2, -0.15) is 9.40 Å². The van der Waals surface area contributed by atoms with Crippen LogP contribution in [-0.2, 0) is 16.6 Å². The standard InChI is InChI=1S/C15H23N3O2S/c1-2-17-8-13(7-16-17)21(19,20)18-9-14-11-3-4-12(6-5-11)15(14)10-18/h7-8,11-12,14-15H,2-6,9-10H2,1H3/t11?,12?,14-,15+. The van der Waals surface area contributed by atoms with Gasteiger partial charge in [-0.25, -0.2) is 8.42 Å². The van der Waals surface area contributed by atoms with E-state index in [2.05, 4.69) is 5.10 Å². The molecule has 3 aliphatic carbocycles. The number of hydrogen-bond donors (Lipinski definition) is 0. The van der Waals surface area contributed by atoms with Crippen LogP contribution in [0.3, 0.4) is 0 Å². The van der Waals surface area contributed by atoms with Crippen molar-refractivity contribution >= 4 is 10.0 Å². The Hall–Kier alpha value is -0.880. The van der Waals surface area contributed by atoms with Gasteiger partial charge in [-0.1, -0.05) is 0 Å². The zero-order chi connectivity index (χ0) is 14.6. The van der Waals surface area contributed by atoms with Gasteiger partial charge in [0.1, 0.15) is 4.90 Å². The first-order chi connectivity index (χ1) is 10.1. The minimum absolute atomic E-state index is 0.357. The largest absolute Gasteiger partial charge is 0.272 e. The predicted octanol–water partition coefficient (Wildman–Crippen LogP) is 1.96. The van der Waals surface area contributed by atoms with Crippen molar-refractivity contribution in [1.82, 2.24) is 14.1 Å². The van der Waals surface area contributed by atoms with Gasteiger partial charge >= 0.3 is 0 Å². The quantitative estimate of drug-likeness (QED) is 0.857. The van der Waals surface area contributed by atoms with Gasteiger partial charge in [0.15, 0.2) is 0 Å². The number of sulfonamides is 1. The maximum Gasteiger partial charge on any atom is 0.246 e. The van der Waals surface area contributed by atoms with Crippen LogP contribution in [0, 0.1) is 23.7 Å². The molecule has 1 saturated heterocycles. The van der Waals surface area contributed by atoms with E-state index >= 15 is 0 Å². The molecule has 2 bridgehead atoms.